The molecule has 0 unspecified atom stereocenters. The highest BCUT2D eigenvalue weighted by Gasteiger charge is 2.29. The lowest BCUT2D eigenvalue weighted by atomic mass is 10.0. The Bertz CT molecular complexity index is 601. The molecule has 1 saturated heterocycles. The monoisotopic (exact) mass is 309 g/mol. The molecule has 1 aliphatic heterocycles. The molecule has 2 N–H and O–H groups in total. The molecule has 0 bridgehead atoms. The Morgan fingerprint density at radius 2 is 2.09 bits per heavy atom. The number of ether oxygens (including phenoxy) is 1. The van der Waals surface area contributed by atoms with E-state index in [9.17, 15) is 13.9 Å². The first kappa shape index (κ1) is 14.9. The van der Waals surface area contributed by atoms with E-state index in [-0.39, 0.29) is 5.75 Å². The maximum atomic E-state index is 13.2. The van der Waals surface area contributed by atoms with Crippen molar-refractivity contribution in [2.75, 3.05) is 13.1 Å². The summed E-state index contributed by atoms with van der Waals surface area (Å²) in [6.45, 7) is 1.82. The molecule has 2 aromatic rings. The largest absolute Gasteiger partial charge is 0.487 e. The van der Waals surface area contributed by atoms with Crippen LogP contribution in [-0.2, 0) is 6.54 Å². The number of aromatic nitrogens is 2. The fraction of sp³-hybridized carbons (Fsp3) is 0.400. The van der Waals surface area contributed by atoms with E-state index in [0.29, 0.717) is 19.5 Å². The van der Waals surface area contributed by atoms with Crippen LogP contribution in [0, 0.1) is 11.6 Å². The van der Waals surface area contributed by atoms with Crippen LogP contribution in [-0.4, -0.2) is 45.5 Å². The number of hydrogen-bond acceptors (Lipinski definition) is 4. The summed E-state index contributed by atoms with van der Waals surface area (Å²) >= 11 is 0. The van der Waals surface area contributed by atoms with Gasteiger partial charge in [0.15, 0.2) is 0 Å². The van der Waals surface area contributed by atoms with Gasteiger partial charge in [0.05, 0.1) is 0 Å². The highest BCUT2D eigenvalue weighted by Crippen LogP contribution is 2.22. The number of rotatable bonds is 4. The molecule has 0 spiro atoms. The van der Waals surface area contributed by atoms with Gasteiger partial charge in [0.2, 0.25) is 0 Å². The summed E-state index contributed by atoms with van der Waals surface area (Å²) in [5.74, 6) is -1.29. The van der Waals surface area contributed by atoms with Gasteiger partial charge in [-0.3, -0.25) is 10.00 Å². The Hall–Kier alpha value is -1.99. The molecule has 0 saturated carbocycles. The van der Waals surface area contributed by atoms with Crippen molar-refractivity contribution in [2.24, 2.45) is 0 Å². The molecule has 5 nitrogen and oxygen atoms in total. The lowest BCUT2D eigenvalue weighted by Gasteiger charge is -2.35. The van der Waals surface area contributed by atoms with Crippen molar-refractivity contribution >= 4 is 0 Å². The Morgan fingerprint density at radius 1 is 1.32 bits per heavy atom. The van der Waals surface area contributed by atoms with Crippen LogP contribution in [0.3, 0.4) is 0 Å². The number of benzene rings is 1. The van der Waals surface area contributed by atoms with Crippen LogP contribution >= 0.6 is 0 Å². The molecule has 22 heavy (non-hydrogen) atoms. The van der Waals surface area contributed by atoms with Gasteiger partial charge in [0, 0.05) is 49.7 Å². The average Bonchev–Trinajstić information content (AvgIpc) is 2.94. The molecule has 0 aliphatic carbocycles. The van der Waals surface area contributed by atoms with E-state index in [0.717, 1.165) is 30.4 Å². The smallest absolute Gasteiger partial charge is 0.129 e. The third kappa shape index (κ3) is 3.61. The first-order valence-electron chi connectivity index (χ1n) is 7.11. The molecular formula is C15H17F2N3O2. The Morgan fingerprint density at radius 3 is 2.73 bits per heavy atom. The van der Waals surface area contributed by atoms with Crippen LogP contribution in [0.15, 0.2) is 30.5 Å². The van der Waals surface area contributed by atoms with E-state index >= 15 is 0 Å². The van der Waals surface area contributed by atoms with Crippen LogP contribution in [0.25, 0.3) is 0 Å². The molecule has 0 radical (unpaired) electrons. The van der Waals surface area contributed by atoms with Crippen molar-refractivity contribution in [3.05, 3.63) is 47.8 Å². The molecule has 1 aliphatic rings. The number of H-pyrrole nitrogens is 1. The first-order chi connectivity index (χ1) is 10.6. The van der Waals surface area contributed by atoms with Crippen LogP contribution in [0.5, 0.6) is 5.75 Å². The zero-order valence-electron chi connectivity index (χ0n) is 11.9. The van der Waals surface area contributed by atoms with Crippen LogP contribution in [0.2, 0.25) is 0 Å². The minimum Gasteiger partial charge on any atom is -0.487 e. The van der Waals surface area contributed by atoms with Gasteiger partial charge in [-0.1, -0.05) is 0 Å². The van der Waals surface area contributed by atoms with Gasteiger partial charge in [0.25, 0.3) is 0 Å². The molecule has 7 heteroatoms. The quantitative estimate of drug-likeness (QED) is 0.902. The van der Waals surface area contributed by atoms with E-state index in [1.165, 1.54) is 0 Å². The van der Waals surface area contributed by atoms with Gasteiger partial charge in [-0.15, -0.1) is 0 Å². The number of halogens is 2. The van der Waals surface area contributed by atoms with E-state index in [1.807, 2.05) is 6.07 Å². The first-order valence-corrected chi connectivity index (χ1v) is 7.11. The van der Waals surface area contributed by atoms with Crippen LogP contribution in [0.4, 0.5) is 8.78 Å². The highest BCUT2D eigenvalue weighted by molar-refractivity contribution is 5.24. The third-order valence-electron chi connectivity index (χ3n) is 3.68. The third-order valence-corrected chi connectivity index (χ3v) is 3.68. The Labute approximate surface area is 126 Å². The van der Waals surface area contributed by atoms with Crippen LogP contribution in [0.1, 0.15) is 12.1 Å². The van der Waals surface area contributed by atoms with E-state index < -0.39 is 23.8 Å². The molecule has 1 aromatic carbocycles. The van der Waals surface area contributed by atoms with Crippen molar-refractivity contribution in [3.8, 4) is 5.75 Å². The minimum absolute atomic E-state index is 0.101. The number of nitrogens with zero attached hydrogens (tertiary/aromatic N) is 2. The van der Waals surface area contributed by atoms with Gasteiger partial charge < -0.3 is 9.84 Å². The molecule has 1 fully saturated rings. The minimum atomic E-state index is -0.719. The summed E-state index contributed by atoms with van der Waals surface area (Å²) in [7, 11) is 0. The van der Waals surface area contributed by atoms with Crippen molar-refractivity contribution < 1.29 is 18.6 Å². The second-order valence-corrected chi connectivity index (χ2v) is 5.43. The predicted octanol–water partition coefficient (Wildman–Crippen LogP) is 1.70. The average molecular weight is 309 g/mol. The number of hydrogen-bond donors (Lipinski definition) is 2. The maximum absolute atomic E-state index is 13.2. The Balaban J connectivity index is 1.58. The molecule has 118 valence electrons. The summed E-state index contributed by atoms with van der Waals surface area (Å²) in [4.78, 5) is 2.07. The maximum Gasteiger partial charge on any atom is 0.129 e. The lowest BCUT2D eigenvalue weighted by molar-refractivity contribution is -0.0280. The number of nitrogens with one attached hydrogen (secondary N) is 1. The summed E-state index contributed by atoms with van der Waals surface area (Å²) in [5.41, 5.74) is 0.971. The molecule has 0 amide bonds. The molecular weight excluding hydrogens is 292 g/mol. The fourth-order valence-corrected chi connectivity index (χ4v) is 2.64. The lowest BCUT2D eigenvalue weighted by Crippen LogP contribution is -2.48. The van der Waals surface area contributed by atoms with Crippen molar-refractivity contribution in [1.29, 1.82) is 0 Å². The summed E-state index contributed by atoms with van der Waals surface area (Å²) in [6, 6.07) is 4.90. The molecule has 1 aromatic heterocycles. The number of aliphatic hydroxyl groups excluding tert-OH is 1. The molecule has 2 heterocycles. The van der Waals surface area contributed by atoms with Crippen LogP contribution < -0.4 is 4.74 Å². The van der Waals surface area contributed by atoms with Gasteiger partial charge in [-0.25, -0.2) is 8.78 Å². The normalized spacial score (nSPS) is 22.7. The predicted molar refractivity (Wildman–Crippen MR) is 75.3 cm³/mol. The summed E-state index contributed by atoms with van der Waals surface area (Å²) in [6.07, 6.45) is 1.07. The van der Waals surface area contributed by atoms with Crippen molar-refractivity contribution in [1.82, 2.24) is 15.1 Å². The second kappa shape index (κ2) is 6.41. The van der Waals surface area contributed by atoms with E-state index in [4.69, 9.17) is 4.74 Å². The van der Waals surface area contributed by atoms with Crippen molar-refractivity contribution in [2.45, 2.75) is 25.2 Å². The van der Waals surface area contributed by atoms with E-state index in [2.05, 4.69) is 15.1 Å². The summed E-state index contributed by atoms with van der Waals surface area (Å²) in [5, 5.41) is 16.9. The van der Waals surface area contributed by atoms with Gasteiger partial charge >= 0.3 is 0 Å². The Kier molecular flexibility index (Phi) is 4.35. The van der Waals surface area contributed by atoms with E-state index in [1.54, 1.807) is 6.20 Å². The fourth-order valence-electron chi connectivity index (χ4n) is 2.64. The van der Waals surface area contributed by atoms with Crippen molar-refractivity contribution in [3.63, 3.8) is 0 Å². The van der Waals surface area contributed by atoms with Gasteiger partial charge in [-0.05, 0) is 12.5 Å². The molecule has 3 rings (SSSR count). The number of β-amino-alcohol motifs (C(OH)–C–C–N with tert-alkyl or cyclic N) is 1. The highest BCUT2D eigenvalue weighted by atomic mass is 19.1. The van der Waals surface area contributed by atoms with Gasteiger partial charge in [-0.2, -0.15) is 5.10 Å². The number of piperidine rings is 1. The number of aromatic amines is 1. The standard InChI is InChI=1S/C15H17F2N3O2/c16-10-5-11(17)7-13(6-10)22-15-2-4-20(9-14(15)21)8-12-1-3-18-19-12/h1,3,5-7,14-15,21H,2,4,8-9H2,(H,18,19)/t14-,15-/m1/s1. The zero-order valence-corrected chi connectivity index (χ0v) is 11.9. The SMILES string of the molecule is O[C@@H]1CN(Cc2ccn[nH]2)CC[C@H]1Oc1cc(F)cc(F)c1. The summed E-state index contributed by atoms with van der Waals surface area (Å²) < 4.78 is 31.8. The number of aliphatic hydroxyl groups is 1. The van der Waals surface area contributed by atoms with Gasteiger partial charge in [0.1, 0.15) is 29.6 Å². The molecule has 2 atom stereocenters. The topological polar surface area (TPSA) is 61.4 Å². The zero-order chi connectivity index (χ0) is 15.5. The number of likely N-dealkylation sites (tertiary alicyclic amines) is 1. The second-order valence-electron chi connectivity index (χ2n) is 5.43.